The first-order valence-electron chi connectivity index (χ1n) is 24.6. The third-order valence-corrected chi connectivity index (χ3v) is 12.4. The van der Waals surface area contributed by atoms with Gasteiger partial charge in [0.05, 0.1) is 25.2 Å². The fourth-order valence-electron chi connectivity index (χ4n) is 8.49. The fraction of sp³-hybridized carbons (Fsp3) is 0.653. The van der Waals surface area contributed by atoms with Gasteiger partial charge in [-0.2, -0.15) is 0 Å². The van der Waals surface area contributed by atoms with Gasteiger partial charge in [0, 0.05) is 19.5 Å². The number of rotatable bonds is 28. The quantitative estimate of drug-likeness (QED) is 0.0400. The van der Waals surface area contributed by atoms with Crippen molar-refractivity contribution in [3.63, 3.8) is 0 Å². The number of amides is 8. The number of aliphatic carboxylic acids is 1. The number of carbonyl (C=O) groups excluding carboxylic acids is 8. The average molecular weight is 985 g/mol. The molecule has 0 spiro atoms. The van der Waals surface area contributed by atoms with Crippen LogP contribution < -0.4 is 31.9 Å². The normalized spacial score (nSPS) is 18.9. The van der Waals surface area contributed by atoms with Crippen LogP contribution in [0.25, 0.3) is 0 Å². The van der Waals surface area contributed by atoms with Crippen molar-refractivity contribution in [1.29, 1.82) is 0 Å². The summed E-state index contributed by atoms with van der Waals surface area (Å²) in [7, 11) is 0. The average Bonchev–Trinajstić information content (AvgIpc) is 4.02. The highest BCUT2D eigenvalue weighted by Gasteiger charge is 2.41. The second-order valence-corrected chi connectivity index (χ2v) is 18.6. The maximum Gasteiger partial charge on any atom is 0.328 e. The Bertz CT molecular complexity index is 1980. The number of allylic oxidation sites excluding steroid dienone is 1. The van der Waals surface area contributed by atoms with Gasteiger partial charge in [0.2, 0.25) is 41.4 Å². The summed E-state index contributed by atoms with van der Waals surface area (Å²) >= 11 is 0. The Hall–Kier alpha value is -5.93. The van der Waals surface area contributed by atoms with E-state index >= 15 is 0 Å². The van der Waals surface area contributed by atoms with E-state index in [1.54, 1.807) is 37.3 Å². The van der Waals surface area contributed by atoms with Gasteiger partial charge in [0.25, 0.3) is 5.91 Å². The van der Waals surface area contributed by atoms with E-state index in [0.29, 0.717) is 24.8 Å². The minimum Gasteiger partial charge on any atom is -0.480 e. The first kappa shape index (κ1) is 58.4. The van der Waals surface area contributed by atoms with Crippen molar-refractivity contribution < 1.29 is 63.6 Å². The summed E-state index contributed by atoms with van der Waals surface area (Å²) in [6.45, 7) is 9.23. The molecule has 21 nitrogen and oxygen atoms in total. The van der Waals surface area contributed by atoms with Gasteiger partial charge < -0.3 is 62.1 Å². The van der Waals surface area contributed by atoms with E-state index in [4.69, 9.17) is 0 Å². The molecule has 1 aromatic rings. The molecule has 3 rings (SSSR count). The standard InChI is InChI=1S/C49H76N8O13/c1-7-9-10-11-15-20-33(60)27-40(61)51-34(8-2)47(67)56-23-16-21-38(56)45(65)54-37(28-58)44(64)50-30(5)42(62)52-35(25-29(3)4)43(63)53-36(26-32-18-13-12-14-19-32)48(68)57-24-17-22-39(57)46(66)55-41(31(6)59)49(69)70/h8,12-14,18-19,29-31,33,35-39,41,58-60H,7,9-11,15-17,20-28H2,1-6H3,(H,50,64)(H,51,61)(H,52,62)(H,53,63)(H,54,65)(H,55,66)(H,69,70). The van der Waals surface area contributed by atoms with Crippen molar-refractivity contribution in [1.82, 2.24) is 41.7 Å². The van der Waals surface area contributed by atoms with E-state index in [9.17, 15) is 63.6 Å². The lowest BCUT2D eigenvalue weighted by Gasteiger charge is -2.31. The zero-order valence-electron chi connectivity index (χ0n) is 41.4. The maximum absolute atomic E-state index is 14.3. The molecule has 10 N–H and O–H groups in total. The predicted molar refractivity (Wildman–Crippen MR) is 257 cm³/mol. The summed E-state index contributed by atoms with van der Waals surface area (Å²) < 4.78 is 0. The topological polar surface area (TPSA) is 313 Å². The molecule has 2 aliphatic rings. The number of carboxylic acids is 1. The number of nitrogens with one attached hydrogen (secondary N) is 6. The molecule has 0 radical (unpaired) electrons. The summed E-state index contributed by atoms with van der Waals surface area (Å²) in [4.78, 5) is 123. The molecular weight excluding hydrogens is 909 g/mol. The third kappa shape index (κ3) is 18.1. The molecule has 21 heteroatoms. The number of benzene rings is 1. The fourth-order valence-corrected chi connectivity index (χ4v) is 8.49. The van der Waals surface area contributed by atoms with Crippen LogP contribution in [0.2, 0.25) is 0 Å². The molecule has 1 aromatic carbocycles. The highest BCUT2D eigenvalue weighted by atomic mass is 16.4. The van der Waals surface area contributed by atoms with Crippen LogP contribution in [-0.4, -0.2) is 158 Å². The van der Waals surface area contributed by atoms with Crippen LogP contribution in [0.5, 0.6) is 0 Å². The van der Waals surface area contributed by atoms with Crippen LogP contribution in [0.4, 0.5) is 0 Å². The van der Waals surface area contributed by atoms with Crippen LogP contribution in [0.1, 0.15) is 124 Å². The van der Waals surface area contributed by atoms with Crippen LogP contribution >= 0.6 is 0 Å². The second kappa shape index (κ2) is 29.3. The molecule has 2 fully saturated rings. The zero-order valence-corrected chi connectivity index (χ0v) is 41.4. The Morgan fingerprint density at radius 2 is 1.31 bits per heavy atom. The number of nitrogens with zero attached hydrogens (tertiary/aromatic N) is 2. The molecule has 0 aromatic heterocycles. The third-order valence-electron chi connectivity index (χ3n) is 12.4. The number of aliphatic hydroxyl groups is 3. The van der Waals surface area contributed by atoms with Crippen molar-refractivity contribution in [2.75, 3.05) is 19.7 Å². The maximum atomic E-state index is 14.3. The predicted octanol–water partition coefficient (Wildman–Crippen LogP) is 0.290. The van der Waals surface area contributed by atoms with Crippen molar-refractivity contribution >= 4 is 53.2 Å². The Morgan fingerprint density at radius 3 is 1.90 bits per heavy atom. The van der Waals surface area contributed by atoms with Crippen LogP contribution in [-0.2, 0) is 49.6 Å². The number of likely N-dealkylation sites (tertiary alicyclic amines) is 2. The number of aliphatic hydroxyl groups excluding tert-OH is 3. The van der Waals surface area contributed by atoms with Crippen LogP contribution in [0, 0.1) is 5.92 Å². The molecule has 2 heterocycles. The van der Waals surface area contributed by atoms with Gasteiger partial charge in [-0.15, -0.1) is 0 Å². The van der Waals surface area contributed by atoms with E-state index in [2.05, 4.69) is 38.8 Å². The van der Waals surface area contributed by atoms with Gasteiger partial charge in [-0.25, -0.2) is 4.79 Å². The molecule has 9 atom stereocenters. The monoisotopic (exact) mass is 985 g/mol. The molecule has 2 saturated heterocycles. The number of carboxylic acid groups (broad SMARTS) is 1. The van der Waals surface area contributed by atoms with Gasteiger partial charge in [-0.05, 0) is 70.8 Å². The lowest BCUT2D eigenvalue weighted by Crippen LogP contribution is -2.60. The summed E-state index contributed by atoms with van der Waals surface area (Å²) in [5.74, 6) is -7.45. The Balaban J connectivity index is 1.67. The lowest BCUT2D eigenvalue weighted by molar-refractivity contribution is -0.147. The summed E-state index contributed by atoms with van der Waals surface area (Å²) in [5, 5.41) is 55.2. The van der Waals surface area contributed by atoms with E-state index in [-0.39, 0.29) is 56.8 Å². The first-order chi connectivity index (χ1) is 33.2. The van der Waals surface area contributed by atoms with Crippen molar-refractivity contribution in [3.8, 4) is 0 Å². The SMILES string of the molecule is CC=C(NC(=O)CC(O)CCCCCCC)C(=O)N1CCCC1C(=O)NC(CO)C(=O)NC(C)C(=O)NC(CC(C)C)C(=O)NC(Cc1ccccc1)C(=O)N1CCCC1C(=O)NC(C(=O)O)C(C)O. The Labute approximate surface area is 410 Å². The van der Waals surface area contributed by atoms with E-state index in [1.807, 2.05) is 13.8 Å². The zero-order chi connectivity index (χ0) is 52.1. The van der Waals surface area contributed by atoms with Gasteiger partial charge in [0.1, 0.15) is 41.9 Å². The van der Waals surface area contributed by atoms with E-state index < -0.39 is 114 Å². The number of hydrogen-bond donors (Lipinski definition) is 10. The molecule has 0 aliphatic carbocycles. The number of carbonyl (C=O) groups is 9. The van der Waals surface area contributed by atoms with Gasteiger partial charge >= 0.3 is 5.97 Å². The smallest absolute Gasteiger partial charge is 0.328 e. The first-order valence-corrected chi connectivity index (χ1v) is 24.6. The molecule has 0 saturated carbocycles. The van der Waals surface area contributed by atoms with Crippen LogP contribution in [0.15, 0.2) is 42.1 Å². The summed E-state index contributed by atoms with van der Waals surface area (Å²) in [5.41, 5.74) is 0.590. The highest BCUT2D eigenvalue weighted by molar-refractivity contribution is 6.01. The van der Waals surface area contributed by atoms with E-state index in [0.717, 1.165) is 32.1 Å². The Kier molecular flexibility index (Phi) is 24.4. The van der Waals surface area contributed by atoms with Crippen molar-refractivity contribution in [2.24, 2.45) is 5.92 Å². The molecule has 9 unspecified atom stereocenters. The molecule has 0 bridgehead atoms. The number of unbranched alkanes of at least 4 members (excludes halogenated alkanes) is 4. The summed E-state index contributed by atoms with van der Waals surface area (Å²) in [6, 6.07) is -0.334. The Morgan fingerprint density at radius 1 is 0.729 bits per heavy atom. The van der Waals surface area contributed by atoms with E-state index in [1.165, 1.54) is 29.7 Å². The molecule has 8 amide bonds. The van der Waals surface area contributed by atoms with Gasteiger partial charge in [-0.1, -0.05) is 89.3 Å². The summed E-state index contributed by atoms with van der Waals surface area (Å²) in [6.07, 6.45) is 5.64. The van der Waals surface area contributed by atoms with Crippen molar-refractivity contribution in [3.05, 3.63) is 47.7 Å². The van der Waals surface area contributed by atoms with Crippen LogP contribution in [0.3, 0.4) is 0 Å². The molecule has 70 heavy (non-hydrogen) atoms. The van der Waals surface area contributed by atoms with Gasteiger partial charge in [0.15, 0.2) is 6.04 Å². The second-order valence-electron chi connectivity index (χ2n) is 18.6. The van der Waals surface area contributed by atoms with Crippen molar-refractivity contribution in [2.45, 2.75) is 180 Å². The largest absolute Gasteiger partial charge is 0.480 e. The molecule has 390 valence electrons. The molecular formula is C49H76N8O13. The lowest BCUT2D eigenvalue weighted by atomic mass is 10.00. The highest BCUT2D eigenvalue weighted by Crippen LogP contribution is 2.22. The molecule has 2 aliphatic heterocycles. The number of hydrogen-bond acceptors (Lipinski definition) is 12. The minimum absolute atomic E-state index is 0.00503. The minimum atomic E-state index is -1.62. The van der Waals surface area contributed by atoms with Gasteiger partial charge in [-0.3, -0.25) is 38.4 Å².